The Morgan fingerprint density at radius 1 is 1.09 bits per heavy atom. The monoisotopic (exact) mass is 313 g/mol. The predicted octanol–water partition coefficient (Wildman–Crippen LogP) is 3.27. The number of cyclic esters (lactones) is 1. The van der Waals surface area contributed by atoms with Gasteiger partial charge in [0.15, 0.2) is 11.8 Å². The van der Waals surface area contributed by atoms with Crippen molar-refractivity contribution < 1.29 is 18.7 Å². The number of hydrogen-bond acceptors (Lipinski definition) is 3. The van der Waals surface area contributed by atoms with E-state index < -0.39 is 23.8 Å². The van der Waals surface area contributed by atoms with Crippen molar-refractivity contribution in [3.63, 3.8) is 0 Å². The average Bonchev–Trinajstić information content (AvgIpc) is 2.94. The lowest BCUT2D eigenvalue weighted by Gasteiger charge is -2.28. The van der Waals surface area contributed by atoms with Crippen LogP contribution in [0.4, 0.5) is 9.18 Å². The van der Waals surface area contributed by atoms with Gasteiger partial charge in [-0.25, -0.2) is 14.1 Å². The lowest BCUT2D eigenvalue weighted by molar-refractivity contribution is -0.132. The first kappa shape index (κ1) is 15.2. The van der Waals surface area contributed by atoms with Crippen LogP contribution < -0.4 is 0 Å². The number of rotatable bonds is 3. The van der Waals surface area contributed by atoms with E-state index >= 15 is 0 Å². The summed E-state index contributed by atoms with van der Waals surface area (Å²) >= 11 is 0. The van der Waals surface area contributed by atoms with Gasteiger partial charge in [0, 0.05) is 11.1 Å². The topological polar surface area (TPSA) is 46.6 Å². The lowest BCUT2D eigenvalue weighted by atomic mass is 9.86. The highest BCUT2D eigenvalue weighted by Gasteiger charge is 2.50. The average molecular weight is 313 g/mol. The van der Waals surface area contributed by atoms with Crippen LogP contribution in [0.25, 0.3) is 0 Å². The summed E-state index contributed by atoms with van der Waals surface area (Å²) in [5, 5.41) is 0. The van der Waals surface area contributed by atoms with E-state index in [1.54, 1.807) is 0 Å². The molecule has 118 valence electrons. The zero-order valence-electron chi connectivity index (χ0n) is 12.6. The van der Waals surface area contributed by atoms with Gasteiger partial charge in [-0.3, -0.25) is 4.79 Å². The van der Waals surface area contributed by atoms with Gasteiger partial charge in [-0.1, -0.05) is 60.7 Å². The zero-order valence-corrected chi connectivity index (χ0v) is 12.6. The van der Waals surface area contributed by atoms with Crippen molar-refractivity contribution in [3.05, 3.63) is 71.8 Å². The summed E-state index contributed by atoms with van der Waals surface area (Å²) in [4.78, 5) is 25.0. The molecule has 1 saturated heterocycles. The second-order valence-corrected chi connectivity index (χ2v) is 5.47. The maximum Gasteiger partial charge on any atom is 0.418 e. The van der Waals surface area contributed by atoms with Gasteiger partial charge in [0.05, 0.1) is 6.54 Å². The minimum atomic E-state index is -1.76. The van der Waals surface area contributed by atoms with E-state index in [2.05, 4.69) is 0 Å². The number of nitrogens with zero attached hydrogens (tertiary/aromatic N) is 1. The molecule has 3 rings (SSSR count). The van der Waals surface area contributed by atoms with Crippen LogP contribution >= 0.6 is 0 Å². The van der Waals surface area contributed by atoms with Crippen molar-refractivity contribution in [1.29, 1.82) is 0 Å². The maximum atomic E-state index is 13.4. The zero-order chi connectivity index (χ0) is 16.4. The van der Waals surface area contributed by atoms with Crippen LogP contribution in [0.5, 0.6) is 0 Å². The van der Waals surface area contributed by atoms with Gasteiger partial charge in [-0.2, -0.15) is 0 Å². The first-order chi connectivity index (χ1) is 11.0. The SMILES string of the molecule is CC(F)C(=O)N1CC(c2ccccc2)(c2ccccc2)OC1=O. The molecule has 0 aliphatic carbocycles. The number of hydrogen-bond donors (Lipinski definition) is 0. The summed E-state index contributed by atoms with van der Waals surface area (Å²) in [5.41, 5.74) is 0.354. The lowest BCUT2D eigenvalue weighted by Crippen LogP contribution is -2.39. The van der Waals surface area contributed by atoms with Crippen LogP contribution in [-0.4, -0.2) is 29.6 Å². The van der Waals surface area contributed by atoms with Crippen molar-refractivity contribution in [2.75, 3.05) is 6.54 Å². The van der Waals surface area contributed by atoms with Gasteiger partial charge in [0.1, 0.15) is 0 Å². The fourth-order valence-electron chi connectivity index (χ4n) is 2.79. The van der Waals surface area contributed by atoms with Gasteiger partial charge >= 0.3 is 6.09 Å². The van der Waals surface area contributed by atoms with Crippen molar-refractivity contribution in [2.45, 2.75) is 18.7 Å². The predicted molar refractivity (Wildman–Crippen MR) is 82.4 cm³/mol. The molecule has 5 heteroatoms. The Hall–Kier alpha value is -2.69. The molecule has 0 N–H and O–H groups in total. The van der Waals surface area contributed by atoms with Crippen LogP contribution in [0, 0.1) is 0 Å². The van der Waals surface area contributed by atoms with Crippen molar-refractivity contribution in [2.24, 2.45) is 0 Å². The van der Waals surface area contributed by atoms with Gasteiger partial charge in [-0.15, -0.1) is 0 Å². The molecule has 1 aliphatic rings. The fraction of sp³-hybridized carbons (Fsp3) is 0.222. The molecule has 1 heterocycles. The summed E-state index contributed by atoms with van der Waals surface area (Å²) in [6.07, 6.45) is -2.59. The van der Waals surface area contributed by atoms with Gasteiger partial charge in [0.25, 0.3) is 5.91 Å². The van der Waals surface area contributed by atoms with E-state index in [-0.39, 0.29) is 6.54 Å². The summed E-state index contributed by atoms with van der Waals surface area (Å²) < 4.78 is 19.0. The minimum Gasteiger partial charge on any atom is -0.431 e. The Morgan fingerprint density at radius 2 is 1.57 bits per heavy atom. The number of imide groups is 1. The van der Waals surface area contributed by atoms with E-state index in [0.717, 1.165) is 23.0 Å². The quantitative estimate of drug-likeness (QED) is 0.874. The molecule has 0 bridgehead atoms. The second kappa shape index (κ2) is 5.83. The van der Waals surface area contributed by atoms with Crippen molar-refractivity contribution >= 4 is 12.0 Å². The van der Waals surface area contributed by atoms with Gasteiger partial charge < -0.3 is 4.74 Å². The summed E-state index contributed by atoms with van der Waals surface area (Å²) in [7, 11) is 0. The molecule has 0 spiro atoms. The summed E-state index contributed by atoms with van der Waals surface area (Å²) in [5.74, 6) is -0.885. The first-order valence-corrected chi connectivity index (χ1v) is 7.34. The highest BCUT2D eigenvalue weighted by atomic mass is 19.1. The molecular formula is C18H16FNO3. The molecule has 2 aromatic rings. The molecule has 0 saturated carbocycles. The third kappa shape index (κ3) is 2.59. The van der Waals surface area contributed by atoms with E-state index in [0.29, 0.717) is 0 Å². The molecule has 1 atom stereocenters. The number of ether oxygens (including phenoxy) is 1. The van der Waals surface area contributed by atoms with Crippen molar-refractivity contribution in [1.82, 2.24) is 4.90 Å². The number of benzene rings is 2. The molecule has 4 nitrogen and oxygen atoms in total. The third-order valence-electron chi connectivity index (χ3n) is 3.95. The molecule has 2 amide bonds. The highest BCUT2D eigenvalue weighted by Crippen LogP contribution is 2.39. The largest absolute Gasteiger partial charge is 0.431 e. The standard InChI is InChI=1S/C18H16FNO3/c1-13(19)16(21)20-12-18(23-17(20)22,14-8-4-2-5-9-14)15-10-6-3-7-11-15/h2-11,13H,12H2,1H3. The van der Waals surface area contributed by atoms with Crippen LogP contribution in [-0.2, 0) is 15.1 Å². The number of amides is 2. The summed E-state index contributed by atoms with van der Waals surface area (Å²) in [6.45, 7) is 1.06. The van der Waals surface area contributed by atoms with Crippen LogP contribution in [0.3, 0.4) is 0 Å². The van der Waals surface area contributed by atoms with Gasteiger partial charge in [0.2, 0.25) is 0 Å². The Balaban J connectivity index is 2.09. The third-order valence-corrected chi connectivity index (χ3v) is 3.95. The van der Waals surface area contributed by atoms with E-state index in [9.17, 15) is 14.0 Å². The number of alkyl halides is 1. The maximum absolute atomic E-state index is 13.4. The van der Waals surface area contributed by atoms with Crippen LogP contribution in [0.2, 0.25) is 0 Å². The second-order valence-electron chi connectivity index (χ2n) is 5.47. The Bertz CT molecular complexity index is 676. The Kier molecular flexibility index (Phi) is 3.86. The highest BCUT2D eigenvalue weighted by molar-refractivity contribution is 5.96. The normalized spacial score (nSPS) is 17.7. The first-order valence-electron chi connectivity index (χ1n) is 7.34. The number of carbonyl (C=O) groups excluding carboxylic acids is 2. The molecule has 1 unspecified atom stereocenters. The fourth-order valence-corrected chi connectivity index (χ4v) is 2.79. The molecule has 1 fully saturated rings. The minimum absolute atomic E-state index is 0.0487. The number of carbonyl (C=O) groups is 2. The molecule has 2 aromatic carbocycles. The molecular weight excluding hydrogens is 297 g/mol. The van der Waals surface area contributed by atoms with E-state index in [1.807, 2.05) is 60.7 Å². The van der Waals surface area contributed by atoms with Crippen molar-refractivity contribution in [3.8, 4) is 0 Å². The van der Waals surface area contributed by atoms with Crippen LogP contribution in [0.15, 0.2) is 60.7 Å². The van der Waals surface area contributed by atoms with E-state index in [1.165, 1.54) is 0 Å². The summed E-state index contributed by atoms with van der Waals surface area (Å²) in [6, 6.07) is 18.3. The number of halogens is 1. The molecule has 23 heavy (non-hydrogen) atoms. The smallest absolute Gasteiger partial charge is 0.418 e. The molecule has 0 radical (unpaired) electrons. The van der Waals surface area contributed by atoms with Crippen LogP contribution in [0.1, 0.15) is 18.1 Å². The molecule has 0 aromatic heterocycles. The van der Waals surface area contributed by atoms with Gasteiger partial charge in [-0.05, 0) is 6.92 Å². The Labute approximate surface area is 133 Å². The Morgan fingerprint density at radius 3 is 2.00 bits per heavy atom. The molecule has 1 aliphatic heterocycles. The van der Waals surface area contributed by atoms with E-state index in [4.69, 9.17) is 4.74 Å².